The van der Waals surface area contributed by atoms with Crippen LogP contribution >= 0.6 is 0 Å². The quantitative estimate of drug-likeness (QED) is 0.826. The molecular weight excluding hydrogens is 276 g/mol. The van der Waals surface area contributed by atoms with E-state index in [0.717, 1.165) is 11.1 Å². The molecule has 0 bridgehead atoms. The molecule has 2 rings (SSSR count). The molecule has 20 heavy (non-hydrogen) atoms. The molecule has 0 fully saturated rings. The Bertz CT molecular complexity index is 735. The predicted octanol–water partition coefficient (Wildman–Crippen LogP) is 1.10. The summed E-state index contributed by atoms with van der Waals surface area (Å²) in [5.74, 6) is 0. The lowest BCUT2D eigenvalue weighted by Crippen LogP contribution is -2.24. The molecule has 0 atom stereocenters. The molecule has 0 saturated carbocycles. The Morgan fingerprint density at radius 3 is 2.55 bits per heavy atom. The zero-order valence-electron chi connectivity index (χ0n) is 11.7. The predicted molar refractivity (Wildman–Crippen MR) is 77.6 cm³/mol. The Hall–Kier alpha value is -1.86. The van der Waals surface area contributed by atoms with Gasteiger partial charge in [0.1, 0.15) is 4.90 Å². The van der Waals surface area contributed by atoms with Gasteiger partial charge in [0.05, 0.1) is 17.9 Å². The maximum atomic E-state index is 12.3. The van der Waals surface area contributed by atoms with E-state index in [9.17, 15) is 8.42 Å². The standard InChI is InChI=1S/C13H18N4O2S/c1-9-6-12(14)13(7-10(9)2)20(18,19)15-8-11-4-5-17(3)16-11/h4-7,15H,8,14H2,1-3H3. The van der Waals surface area contributed by atoms with E-state index in [1.807, 2.05) is 13.8 Å². The molecule has 1 aromatic heterocycles. The van der Waals surface area contributed by atoms with Crippen molar-refractivity contribution in [2.24, 2.45) is 7.05 Å². The van der Waals surface area contributed by atoms with Crippen LogP contribution in [0.25, 0.3) is 0 Å². The Labute approximate surface area is 118 Å². The second-order valence-corrected chi connectivity index (χ2v) is 6.51. The van der Waals surface area contributed by atoms with Gasteiger partial charge in [0.25, 0.3) is 0 Å². The monoisotopic (exact) mass is 294 g/mol. The van der Waals surface area contributed by atoms with E-state index >= 15 is 0 Å². The van der Waals surface area contributed by atoms with Gasteiger partial charge in [-0.1, -0.05) is 0 Å². The van der Waals surface area contributed by atoms with Crippen molar-refractivity contribution in [2.45, 2.75) is 25.3 Å². The average molecular weight is 294 g/mol. The maximum Gasteiger partial charge on any atom is 0.242 e. The number of aryl methyl sites for hydroxylation is 3. The molecular formula is C13H18N4O2S. The Kier molecular flexibility index (Phi) is 3.82. The highest BCUT2D eigenvalue weighted by Gasteiger charge is 2.18. The summed E-state index contributed by atoms with van der Waals surface area (Å²) in [7, 11) is -1.87. The molecule has 0 aliphatic rings. The highest BCUT2D eigenvalue weighted by atomic mass is 32.2. The fourth-order valence-electron chi connectivity index (χ4n) is 1.85. The average Bonchev–Trinajstić information content (AvgIpc) is 2.77. The number of rotatable bonds is 4. The summed E-state index contributed by atoms with van der Waals surface area (Å²) in [6, 6.07) is 5.02. The molecule has 0 spiro atoms. The number of nitrogens with one attached hydrogen (secondary N) is 1. The van der Waals surface area contributed by atoms with Crippen LogP contribution in [0.4, 0.5) is 5.69 Å². The third kappa shape index (κ3) is 3.00. The van der Waals surface area contributed by atoms with Gasteiger partial charge in [0, 0.05) is 13.2 Å². The number of aromatic nitrogens is 2. The number of nitrogen functional groups attached to an aromatic ring is 1. The van der Waals surface area contributed by atoms with E-state index < -0.39 is 10.0 Å². The number of anilines is 1. The van der Waals surface area contributed by atoms with Gasteiger partial charge in [-0.15, -0.1) is 0 Å². The van der Waals surface area contributed by atoms with Crippen molar-refractivity contribution in [2.75, 3.05) is 5.73 Å². The highest BCUT2D eigenvalue weighted by Crippen LogP contribution is 2.22. The molecule has 1 heterocycles. The van der Waals surface area contributed by atoms with E-state index in [1.54, 1.807) is 36.1 Å². The van der Waals surface area contributed by atoms with Crippen LogP contribution in [0.5, 0.6) is 0 Å². The second kappa shape index (κ2) is 5.26. The summed E-state index contributed by atoms with van der Waals surface area (Å²) in [6.45, 7) is 3.88. The molecule has 0 radical (unpaired) electrons. The largest absolute Gasteiger partial charge is 0.398 e. The number of benzene rings is 1. The maximum absolute atomic E-state index is 12.3. The first-order valence-electron chi connectivity index (χ1n) is 6.14. The van der Waals surface area contributed by atoms with Crippen LogP contribution in [0.2, 0.25) is 0 Å². The van der Waals surface area contributed by atoms with Crippen LogP contribution in [0.1, 0.15) is 16.8 Å². The fourth-order valence-corrected chi connectivity index (χ4v) is 3.04. The molecule has 7 heteroatoms. The molecule has 0 aliphatic carbocycles. The van der Waals surface area contributed by atoms with Gasteiger partial charge in [-0.25, -0.2) is 13.1 Å². The van der Waals surface area contributed by atoms with Crippen molar-refractivity contribution in [1.82, 2.24) is 14.5 Å². The van der Waals surface area contributed by atoms with Crippen LogP contribution in [0.15, 0.2) is 29.3 Å². The first-order chi connectivity index (χ1) is 9.29. The number of nitrogens with zero attached hydrogens (tertiary/aromatic N) is 2. The van der Waals surface area contributed by atoms with Crippen LogP contribution in [0, 0.1) is 13.8 Å². The summed E-state index contributed by atoms with van der Waals surface area (Å²) in [5.41, 5.74) is 8.56. The summed E-state index contributed by atoms with van der Waals surface area (Å²) in [5, 5.41) is 4.12. The van der Waals surface area contributed by atoms with Crippen molar-refractivity contribution in [3.05, 3.63) is 41.2 Å². The SMILES string of the molecule is Cc1cc(N)c(S(=O)(=O)NCc2ccn(C)n2)cc1C. The molecule has 3 N–H and O–H groups in total. The molecule has 6 nitrogen and oxygen atoms in total. The molecule has 0 unspecified atom stereocenters. The lowest BCUT2D eigenvalue weighted by atomic mass is 10.1. The second-order valence-electron chi connectivity index (χ2n) is 4.78. The third-order valence-electron chi connectivity index (χ3n) is 3.13. The van der Waals surface area contributed by atoms with Crippen molar-refractivity contribution < 1.29 is 8.42 Å². The Balaban J connectivity index is 2.24. The van der Waals surface area contributed by atoms with E-state index in [1.165, 1.54) is 0 Å². The van der Waals surface area contributed by atoms with E-state index in [4.69, 9.17) is 5.73 Å². The summed E-state index contributed by atoms with van der Waals surface area (Å²) < 4.78 is 28.7. The van der Waals surface area contributed by atoms with Crippen molar-refractivity contribution in [1.29, 1.82) is 0 Å². The molecule has 1 aromatic carbocycles. The number of nitrogens with two attached hydrogens (primary N) is 1. The zero-order chi connectivity index (χ0) is 14.9. The van der Waals surface area contributed by atoms with Crippen molar-refractivity contribution in [3.63, 3.8) is 0 Å². The van der Waals surface area contributed by atoms with Gasteiger partial charge < -0.3 is 5.73 Å². The summed E-state index contributed by atoms with van der Waals surface area (Å²) >= 11 is 0. The third-order valence-corrected chi connectivity index (χ3v) is 4.58. The molecule has 108 valence electrons. The topological polar surface area (TPSA) is 90.0 Å². The molecule has 0 amide bonds. The highest BCUT2D eigenvalue weighted by molar-refractivity contribution is 7.89. The molecule has 0 aliphatic heterocycles. The minimum absolute atomic E-state index is 0.108. The first-order valence-corrected chi connectivity index (χ1v) is 7.63. The van der Waals surface area contributed by atoms with Gasteiger partial charge in [-0.3, -0.25) is 4.68 Å². The smallest absolute Gasteiger partial charge is 0.242 e. The van der Waals surface area contributed by atoms with Crippen LogP contribution < -0.4 is 10.5 Å². The van der Waals surface area contributed by atoms with Crippen LogP contribution in [-0.4, -0.2) is 18.2 Å². The minimum atomic E-state index is -3.64. The van der Waals surface area contributed by atoms with E-state index in [-0.39, 0.29) is 17.1 Å². The zero-order valence-corrected chi connectivity index (χ0v) is 12.5. The van der Waals surface area contributed by atoms with E-state index in [0.29, 0.717) is 5.69 Å². The van der Waals surface area contributed by atoms with Crippen molar-refractivity contribution in [3.8, 4) is 0 Å². The number of sulfonamides is 1. The first kappa shape index (κ1) is 14.5. The lowest BCUT2D eigenvalue weighted by molar-refractivity contribution is 0.580. The van der Waals surface area contributed by atoms with Gasteiger partial charge in [-0.2, -0.15) is 5.10 Å². The van der Waals surface area contributed by atoms with Gasteiger partial charge in [0.15, 0.2) is 0 Å². The molecule has 0 saturated heterocycles. The number of hydrogen-bond donors (Lipinski definition) is 2. The van der Waals surface area contributed by atoms with E-state index in [2.05, 4.69) is 9.82 Å². The van der Waals surface area contributed by atoms with Crippen LogP contribution in [0.3, 0.4) is 0 Å². The van der Waals surface area contributed by atoms with Gasteiger partial charge in [0.2, 0.25) is 10.0 Å². The Morgan fingerprint density at radius 2 is 1.95 bits per heavy atom. The van der Waals surface area contributed by atoms with Gasteiger partial charge >= 0.3 is 0 Å². The fraction of sp³-hybridized carbons (Fsp3) is 0.308. The van der Waals surface area contributed by atoms with Crippen LogP contribution in [-0.2, 0) is 23.6 Å². The summed E-state index contributed by atoms with van der Waals surface area (Å²) in [4.78, 5) is 0.108. The lowest BCUT2D eigenvalue weighted by Gasteiger charge is -2.11. The summed E-state index contributed by atoms with van der Waals surface area (Å²) in [6.07, 6.45) is 1.76. The Morgan fingerprint density at radius 1 is 1.30 bits per heavy atom. The van der Waals surface area contributed by atoms with Crippen molar-refractivity contribution >= 4 is 15.7 Å². The minimum Gasteiger partial charge on any atom is -0.398 e. The number of hydrogen-bond acceptors (Lipinski definition) is 4. The van der Waals surface area contributed by atoms with Gasteiger partial charge in [-0.05, 0) is 43.2 Å². The molecule has 2 aromatic rings. The normalized spacial score (nSPS) is 11.8.